The molecule has 1 aliphatic rings. The Labute approximate surface area is 137 Å². The fraction of sp³-hybridized carbons (Fsp3) is 0.222. The lowest BCUT2D eigenvalue weighted by Crippen LogP contribution is -2.29. The third-order valence-corrected chi connectivity index (χ3v) is 4.90. The number of hydrogen-bond acceptors (Lipinski definition) is 5. The largest absolute Gasteiger partial charge is 0.492 e. The SMILES string of the molecule is O=C(OCc1nc2ccccc2s1)C1COc2ccccc2C1. The molecule has 2 heterocycles. The summed E-state index contributed by atoms with van der Waals surface area (Å²) in [5, 5.41) is 0.816. The molecule has 23 heavy (non-hydrogen) atoms. The van der Waals surface area contributed by atoms with Gasteiger partial charge in [0.15, 0.2) is 0 Å². The average molecular weight is 325 g/mol. The smallest absolute Gasteiger partial charge is 0.313 e. The van der Waals surface area contributed by atoms with Crippen LogP contribution in [0.1, 0.15) is 10.6 Å². The third-order valence-electron chi connectivity index (χ3n) is 3.89. The summed E-state index contributed by atoms with van der Waals surface area (Å²) in [7, 11) is 0. The topological polar surface area (TPSA) is 48.4 Å². The van der Waals surface area contributed by atoms with E-state index in [1.54, 1.807) is 11.3 Å². The Hall–Kier alpha value is -2.40. The first-order chi connectivity index (χ1) is 11.3. The number of rotatable bonds is 3. The summed E-state index contributed by atoms with van der Waals surface area (Å²) in [6.45, 7) is 0.589. The monoisotopic (exact) mass is 325 g/mol. The number of carbonyl (C=O) groups is 1. The number of benzene rings is 2. The second kappa shape index (κ2) is 6.01. The molecule has 3 aromatic rings. The van der Waals surface area contributed by atoms with E-state index in [2.05, 4.69) is 4.98 Å². The molecule has 1 unspecified atom stereocenters. The second-order valence-corrected chi connectivity index (χ2v) is 6.62. The van der Waals surface area contributed by atoms with Gasteiger partial charge in [0.25, 0.3) is 0 Å². The van der Waals surface area contributed by atoms with E-state index in [-0.39, 0.29) is 18.5 Å². The molecular weight excluding hydrogens is 310 g/mol. The molecule has 0 saturated heterocycles. The van der Waals surface area contributed by atoms with Crippen molar-refractivity contribution in [2.24, 2.45) is 5.92 Å². The average Bonchev–Trinajstić information content (AvgIpc) is 3.02. The van der Waals surface area contributed by atoms with Gasteiger partial charge in [-0.2, -0.15) is 0 Å². The van der Waals surface area contributed by atoms with Crippen molar-refractivity contribution < 1.29 is 14.3 Å². The van der Waals surface area contributed by atoms with Crippen molar-refractivity contribution in [1.82, 2.24) is 4.98 Å². The number of fused-ring (bicyclic) bond motifs is 2. The second-order valence-electron chi connectivity index (χ2n) is 5.50. The molecule has 0 bridgehead atoms. The Morgan fingerprint density at radius 1 is 1.22 bits per heavy atom. The van der Waals surface area contributed by atoms with Gasteiger partial charge in [0.05, 0.1) is 16.1 Å². The molecule has 4 nitrogen and oxygen atoms in total. The number of carbonyl (C=O) groups excluding carboxylic acids is 1. The number of ether oxygens (including phenoxy) is 2. The summed E-state index contributed by atoms with van der Waals surface area (Å²) in [5.74, 6) is 0.390. The van der Waals surface area contributed by atoms with Gasteiger partial charge >= 0.3 is 5.97 Å². The predicted octanol–water partition coefficient (Wildman–Crippen LogP) is 3.59. The maximum atomic E-state index is 12.3. The normalized spacial score (nSPS) is 16.6. The van der Waals surface area contributed by atoms with E-state index in [1.807, 2.05) is 48.5 Å². The first-order valence-corrected chi connectivity index (χ1v) is 8.33. The van der Waals surface area contributed by atoms with E-state index in [0.717, 1.165) is 26.5 Å². The number of thiazole rings is 1. The molecule has 1 aromatic heterocycles. The van der Waals surface area contributed by atoms with Crippen LogP contribution in [0, 0.1) is 5.92 Å². The van der Waals surface area contributed by atoms with Crippen molar-refractivity contribution in [3.8, 4) is 5.75 Å². The number of esters is 1. The van der Waals surface area contributed by atoms with Crippen LogP contribution < -0.4 is 4.74 Å². The number of para-hydroxylation sites is 2. The van der Waals surface area contributed by atoms with Crippen molar-refractivity contribution in [2.75, 3.05) is 6.61 Å². The van der Waals surface area contributed by atoms with Crippen molar-refractivity contribution in [3.63, 3.8) is 0 Å². The Morgan fingerprint density at radius 2 is 2.04 bits per heavy atom. The summed E-state index contributed by atoms with van der Waals surface area (Å²) in [5.41, 5.74) is 2.00. The van der Waals surface area contributed by atoms with E-state index in [9.17, 15) is 4.79 Å². The summed E-state index contributed by atoms with van der Waals surface area (Å²) < 4.78 is 12.2. The molecule has 0 fully saturated rings. The Balaban J connectivity index is 1.40. The Kier molecular flexibility index (Phi) is 3.71. The molecule has 0 radical (unpaired) electrons. The zero-order valence-electron chi connectivity index (χ0n) is 12.4. The molecule has 1 aliphatic heterocycles. The molecule has 1 atom stereocenters. The molecule has 0 saturated carbocycles. The predicted molar refractivity (Wildman–Crippen MR) is 88.5 cm³/mol. The summed E-state index contributed by atoms with van der Waals surface area (Å²) in [6.07, 6.45) is 0.662. The van der Waals surface area contributed by atoms with Gasteiger partial charge in [-0.1, -0.05) is 30.3 Å². The molecule has 4 rings (SSSR count). The van der Waals surface area contributed by atoms with E-state index in [4.69, 9.17) is 9.47 Å². The van der Waals surface area contributed by atoms with Crippen LogP contribution >= 0.6 is 11.3 Å². The van der Waals surface area contributed by atoms with Crippen LogP contribution in [0.3, 0.4) is 0 Å². The van der Waals surface area contributed by atoms with Crippen LogP contribution in [0.4, 0.5) is 0 Å². The van der Waals surface area contributed by atoms with Crippen LogP contribution in [-0.2, 0) is 22.6 Å². The fourth-order valence-corrected chi connectivity index (χ4v) is 3.59. The molecule has 2 aromatic carbocycles. The van der Waals surface area contributed by atoms with Gasteiger partial charge in [0.1, 0.15) is 24.0 Å². The van der Waals surface area contributed by atoms with Gasteiger partial charge in [-0.05, 0) is 30.2 Å². The molecular formula is C18H15NO3S. The van der Waals surface area contributed by atoms with E-state index < -0.39 is 0 Å². The lowest BCUT2D eigenvalue weighted by molar-refractivity contribution is -0.151. The van der Waals surface area contributed by atoms with Crippen molar-refractivity contribution in [2.45, 2.75) is 13.0 Å². The Morgan fingerprint density at radius 3 is 2.96 bits per heavy atom. The maximum absolute atomic E-state index is 12.3. The fourth-order valence-electron chi connectivity index (χ4n) is 2.71. The minimum absolute atomic E-state index is 0.219. The van der Waals surface area contributed by atoms with Crippen molar-refractivity contribution >= 4 is 27.5 Å². The first kappa shape index (κ1) is 14.2. The molecule has 116 valence electrons. The number of aromatic nitrogens is 1. The molecule has 0 aliphatic carbocycles. The number of hydrogen-bond donors (Lipinski definition) is 0. The van der Waals surface area contributed by atoms with Gasteiger partial charge in [0.2, 0.25) is 0 Å². The van der Waals surface area contributed by atoms with Crippen molar-refractivity contribution in [1.29, 1.82) is 0 Å². The summed E-state index contributed by atoms with van der Waals surface area (Å²) in [4.78, 5) is 16.7. The van der Waals surface area contributed by atoms with Gasteiger partial charge in [-0.25, -0.2) is 4.98 Å². The minimum atomic E-state index is -0.251. The third kappa shape index (κ3) is 2.92. The van der Waals surface area contributed by atoms with Crippen LogP contribution in [0.25, 0.3) is 10.2 Å². The highest BCUT2D eigenvalue weighted by Crippen LogP contribution is 2.28. The van der Waals surface area contributed by atoms with Crippen LogP contribution in [0.15, 0.2) is 48.5 Å². The van der Waals surface area contributed by atoms with Crippen LogP contribution in [0.5, 0.6) is 5.75 Å². The van der Waals surface area contributed by atoms with Gasteiger partial charge in [0, 0.05) is 0 Å². The molecule has 0 amide bonds. The van der Waals surface area contributed by atoms with Crippen LogP contribution in [-0.4, -0.2) is 17.6 Å². The van der Waals surface area contributed by atoms with E-state index >= 15 is 0 Å². The Bertz CT molecular complexity index is 825. The zero-order valence-corrected chi connectivity index (χ0v) is 13.2. The molecule has 0 N–H and O–H groups in total. The standard InChI is InChI=1S/C18H15NO3S/c20-18(13-9-12-5-1-3-7-15(12)21-10-13)22-11-17-19-14-6-2-4-8-16(14)23-17/h1-8,13H,9-11H2. The lowest BCUT2D eigenvalue weighted by Gasteiger charge is -2.23. The highest BCUT2D eigenvalue weighted by molar-refractivity contribution is 7.18. The summed E-state index contributed by atoms with van der Waals surface area (Å²) in [6, 6.07) is 15.7. The summed E-state index contributed by atoms with van der Waals surface area (Å²) >= 11 is 1.55. The first-order valence-electron chi connectivity index (χ1n) is 7.51. The zero-order chi connectivity index (χ0) is 15.6. The quantitative estimate of drug-likeness (QED) is 0.691. The molecule has 0 spiro atoms. The highest BCUT2D eigenvalue weighted by atomic mass is 32.1. The van der Waals surface area contributed by atoms with Gasteiger partial charge < -0.3 is 9.47 Å². The van der Waals surface area contributed by atoms with Gasteiger partial charge in [-0.15, -0.1) is 11.3 Å². The van der Waals surface area contributed by atoms with Crippen molar-refractivity contribution in [3.05, 3.63) is 59.1 Å². The lowest BCUT2D eigenvalue weighted by atomic mass is 9.97. The van der Waals surface area contributed by atoms with Crippen LogP contribution in [0.2, 0.25) is 0 Å². The highest BCUT2D eigenvalue weighted by Gasteiger charge is 2.27. The van der Waals surface area contributed by atoms with E-state index in [1.165, 1.54) is 0 Å². The minimum Gasteiger partial charge on any atom is -0.492 e. The molecule has 5 heteroatoms. The number of nitrogens with zero attached hydrogens (tertiary/aromatic N) is 1. The maximum Gasteiger partial charge on any atom is 0.313 e. The van der Waals surface area contributed by atoms with Gasteiger partial charge in [-0.3, -0.25) is 4.79 Å². The van der Waals surface area contributed by atoms with E-state index in [0.29, 0.717) is 13.0 Å².